The average molecular weight is 385 g/mol. The van der Waals surface area contributed by atoms with Crippen LogP contribution in [0, 0.1) is 0 Å². The largest absolute Gasteiger partial charge is 0.497 e. The van der Waals surface area contributed by atoms with Gasteiger partial charge in [0.25, 0.3) is 0 Å². The first-order valence-electron chi connectivity index (χ1n) is 7.29. The van der Waals surface area contributed by atoms with E-state index in [0.29, 0.717) is 6.61 Å². The molecular weight excluding hydrogens is 372 g/mol. The van der Waals surface area contributed by atoms with Crippen LogP contribution in [0.25, 0.3) is 16.6 Å². The van der Waals surface area contributed by atoms with E-state index >= 15 is 0 Å². The minimum absolute atomic E-state index is 0.308. The highest BCUT2D eigenvalue weighted by molar-refractivity contribution is 9.10. The molecule has 0 radical (unpaired) electrons. The van der Waals surface area contributed by atoms with Crippen molar-refractivity contribution in [1.29, 1.82) is 0 Å². The summed E-state index contributed by atoms with van der Waals surface area (Å²) in [4.78, 5) is 4.36. The Balaban J connectivity index is 1.65. The maximum Gasteiger partial charge on any atom is 0.175 e. The maximum atomic E-state index is 5.97. The molecule has 4 rings (SSSR count). The molecule has 0 N–H and O–H groups in total. The second-order valence-electron chi connectivity index (χ2n) is 5.17. The first-order chi connectivity index (χ1) is 11.7. The Labute approximate surface area is 146 Å². The lowest BCUT2D eigenvalue weighted by atomic mass is 10.2. The highest BCUT2D eigenvalue weighted by Gasteiger charge is 2.09. The number of methoxy groups -OCH3 is 1. The summed E-state index contributed by atoms with van der Waals surface area (Å²) < 4.78 is 14.1. The van der Waals surface area contributed by atoms with E-state index in [1.54, 1.807) is 13.3 Å². The van der Waals surface area contributed by atoms with Crippen LogP contribution in [-0.4, -0.2) is 26.7 Å². The van der Waals surface area contributed by atoms with Crippen LogP contribution in [0.5, 0.6) is 11.5 Å². The maximum absolute atomic E-state index is 5.97. The molecule has 0 aliphatic heterocycles. The molecule has 7 heteroatoms. The third-order valence-corrected chi connectivity index (χ3v) is 4.17. The van der Waals surface area contributed by atoms with E-state index in [1.807, 2.05) is 47.0 Å². The van der Waals surface area contributed by atoms with Crippen molar-refractivity contribution in [2.75, 3.05) is 7.11 Å². The molecule has 120 valence electrons. The van der Waals surface area contributed by atoms with E-state index in [4.69, 9.17) is 9.47 Å². The minimum atomic E-state index is 0.308. The van der Waals surface area contributed by atoms with Gasteiger partial charge in [-0.2, -0.15) is 0 Å². The van der Waals surface area contributed by atoms with Crippen molar-refractivity contribution in [1.82, 2.24) is 19.6 Å². The van der Waals surface area contributed by atoms with Gasteiger partial charge in [0.2, 0.25) is 0 Å². The molecule has 0 saturated heterocycles. The number of halogens is 1. The number of ether oxygens (including phenoxy) is 2. The predicted octanol–water partition coefficient (Wildman–Crippen LogP) is 3.63. The molecule has 24 heavy (non-hydrogen) atoms. The Hall–Kier alpha value is -2.67. The van der Waals surface area contributed by atoms with Crippen LogP contribution in [0.15, 0.2) is 53.3 Å². The molecule has 0 aliphatic carbocycles. The summed E-state index contributed by atoms with van der Waals surface area (Å²) in [6, 6.07) is 11.4. The van der Waals surface area contributed by atoms with Crippen molar-refractivity contribution in [2.45, 2.75) is 6.61 Å². The lowest BCUT2D eigenvalue weighted by Gasteiger charge is -2.09. The Morgan fingerprint density at radius 3 is 2.92 bits per heavy atom. The van der Waals surface area contributed by atoms with Crippen molar-refractivity contribution in [3.63, 3.8) is 0 Å². The van der Waals surface area contributed by atoms with Crippen molar-refractivity contribution in [2.24, 2.45) is 0 Å². The molecule has 4 aromatic rings. The van der Waals surface area contributed by atoms with Gasteiger partial charge in [-0.05, 0) is 46.3 Å². The zero-order valence-corrected chi connectivity index (χ0v) is 14.4. The van der Waals surface area contributed by atoms with E-state index in [1.165, 1.54) is 0 Å². The van der Waals surface area contributed by atoms with Crippen molar-refractivity contribution in [3.8, 4) is 11.5 Å². The summed E-state index contributed by atoms with van der Waals surface area (Å²) in [5.74, 6) is 2.24. The third-order valence-electron chi connectivity index (χ3n) is 3.70. The highest BCUT2D eigenvalue weighted by atomic mass is 79.9. The smallest absolute Gasteiger partial charge is 0.175 e. The summed E-state index contributed by atoms with van der Waals surface area (Å²) in [5.41, 5.74) is 1.60. The second-order valence-corrected chi connectivity index (χ2v) is 6.09. The van der Waals surface area contributed by atoms with Crippen LogP contribution >= 0.6 is 15.9 Å². The van der Waals surface area contributed by atoms with E-state index in [9.17, 15) is 0 Å². The minimum Gasteiger partial charge on any atom is -0.497 e. The number of aromatic nitrogens is 4. The van der Waals surface area contributed by atoms with Crippen molar-refractivity contribution in [3.05, 3.63) is 59.1 Å². The van der Waals surface area contributed by atoms with Gasteiger partial charge in [-0.1, -0.05) is 0 Å². The van der Waals surface area contributed by atoms with Crippen molar-refractivity contribution < 1.29 is 9.47 Å². The summed E-state index contributed by atoms with van der Waals surface area (Å²) in [6.07, 6.45) is 3.64. The molecule has 0 atom stereocenters. The van der Waals surface area contributed by atoms with Crippen LogP contribution in [0.3, 0.4) is 0 Å². The SMILES string of the molecule is COc1ccc2c(OCc3nnc4ccc(Br)cn34)ccnc2c1. The highest BCUT2D eigenvalue weighted by Crippen LogP contribution is 2.27. The molecule has 0 saturated carbocycles. The normalized spacial score (nSPS) is 11.1. The fourth-order valence-electron chi connectivity index (χ4n) is 2.51. The van der Waals surface area contributed by atoms with Gasteiger partial charge in [0, 0.05) is 28.3 Å². The standard InChI is InChI=1S/C17H13BrN4O2/c1-23-12-3-4-13-14(8-12)19-7-6-15(13)24-10-17-21-20-16-5-2-11(18)9-22(16)17/h2-9H,10H2,1H3. The molecule has 3 aromatic heterocycles. The lowest BCUT2D eigenvalue weighted by molar-refractivity contribution is 0.298. The molecule has 6 nitrogen and oxygen atoms in total. The monoisotopic (exact) mass is 384 g/mol. The Morgan fingerprint density at radius 1 is 1.12 bits per heavy atom. The van der Waals surface area contributed by atoms with E-state index in [2.05, 4.69) is 31.1 Å². The predicted molar refractivity (Wildman–Crippen MR) is 93.3 cm³/mol. The van der Waals surface area contributed by atoms with Gasteiger partial charge in [0.05, 0.1) is 12.6 Å². The van der Waals surface area contributed by atoms with Crippen LogP contribution < -0.4 is 9.47 Å². The van der Waals surface area contributed by atoms with Gasteiger partial charge in [-0.15, -0.1) is 10.2 Å². The Morgan fingerprint density at radius 2 is 2.04 bits per heavy atom. The first kappa shape index (κ1) is 14.9. The summed E-state index contributed by atoms with van der Waals surface area (Å²) in [5, 5.41) is 9.26. The van der Waals surface area contributed by atoms with Crippen LogP contribution in [0.1, 0.15) is 5.82 Å². The Kier molecular flexibility index (Phi) is 3.78. The third kappa shape index (κ3) is 2.67. The molecular formula is C17H13BrN4O2. The number of pyridine rings is 2. The van der Waals surface area contributed by atoms with Gasteiger partial charge in [0.1, 0.15) is 18.1 Å². The molecule has 0 bridgehead atoms. The topological polar surface area (TPSA) is 61.5 Å². The first-order valence-corrected chi connectivity index (χ1v) is 8.08. The molecule has 0 amide bonds. The van der Waals surface area contributed by atoms with Gasteiger partial charge in [-0.3, -0.25) is 9.38 Å². The van der Waals surface area contributed by atoms with Crippen LogP contribution in [0.2, 0.25) is 0 Å². The number of nitrogens with zero attached hydrogens (tertiary/aromatic N) is 4. The Bertz CT molecular complexity index is 1030. The molecule has 0 spiro atoms. The molecule has 0 unspecified atom stereocenters. The fourth-order valence-corrected chi connectivity index (χ4v) is 2.84. The number of fused-ring (bicyclic) bond motifs is 2. The van der Waals surface area contributed by atoms with Gasteiger partial charge in [0.15, 0.2) is 11.5 Å². The number of hydrogen-bond acceptors (Lipinski definition) is 5. The second kappa shape index (κ2) is 6.09. The zero-order chi connectivity index (χ0) is 16.5. The fraction of sp³-hybridized carbons (Fsp3) is 0.118. The number of benzene rings is 1. The summed E-state index contributed by atoms with van der Waals surface area (Å²) in [7, 11) is 1.63. The zero-order valence-electron chi connectivity index (χ0n) is 12.8. The van der Waals surface area contributed by atoms with Crippen LogP contribution in [-0.2, 0) is 6.61 Å². The molecule has 0 aliphatic rings. The lowest BCUT2D eigenvalue weighted by Crippen LogP contribution is -2.02. The van der Waals surface area contributed by atoms with Gasteiger partial charge in [-0.25, -0.2) is 0 Å². The number of rotatable bonds is 4. The van der Waals surface area contributed by atoms with Gasteiger partial charge < -0.3 is 9.47 Å². The van der Waals surface area contributed by atoms with E-state index in [0.717, 1.165) is 38.3 Å². The average Bonchev–Trinajstić information content (AvgIpc) is 3.01. The molecule has 0 fully saturated rings. The molecule has 1 aromatic carbocycles. The summed E-state index contributed by atoms with van der Waals surface area (Å²) >= 11 is 3.46. The number of hydrogen-bond donors (Lipinski definition) is 0. The van der Waals surface area contributed by atoms with E-state index in [-0.39, 0.29) is 0 Å². The van der Waals surface area contributed by atoms with Crippen LogP contribution in [0.4, 0.5) is 0 Å². The van der Waals surface area contributed by atoms with Crippen molar-refractivity contribution >= 4 is 32.5 Å². The molecule has 3 heterocycles. The quantitative estimate of drug-likeness (QED) is 0.537. The summed E-state index contributed by atoms with van der Waals surface area (Å²) in [6.45, 7) is 0.308. The van der Waals surface area contributed by atoms with E-state index < -0.39 is 0 Å². The van der Waals surface area contributed by atoms with Gasteiger partial charge >= 0.3 is 0 Å².